The third-order valence-electron chi connectivity index (χ3n) is 1.37. The highest BCUT2D eigenvalue weighted by atomic mass is 16.3. The quantitative estimate of drug-likeness (QED) is 0.413. The summed E-state index contributed by atoms with van der Waals surface area (Å²) in [5, 5.41) is 10.5. The van der Waals surface area contributed by atoms with E-state index in [0.29, 0.717) is 11.6 Å². The van der Waals surface area contributed by atoms with Gasteiger partial charge in [0, 0.05) is 12.7 Å². The van der Waals surface area contributed by atoms with Gasteiger partial charge in [-0.2, -0.15) is 0 Å². The van der Waals surface area contributed by atoms with E-state index in [1.165, 1.54) is 5.01 Å². The van der Waals surface area contributed by atoms with Crippen LogP contribution in [0.5, 0.6) is 0 Å². The Morgan fingerprint density at radius 3 is 2.33 bits per heavy atom. The lowest BCUT2D eigenvalue weighted by Gasteiger charge is -2.17. The van der Waals surface area contributed by atoms with Crippen LogP contribution < -0.4 is 11.6 Å². The first kappa shape index (κ1) is 11.3. The number of hydrogen-bond donors (Lipinski definition) is 3. The molecule has 0 aromatic heterocycles. The second-order valence-electron chi connectivity index (χ2n) is 3.40. The average molecular weight is 173 g/mol. The molecule has 4 nitrogen and oxygen atoms in total. The zero-order chi connectivity index (χ0) is 9.72. The highest BCUT2D eigenvalue weighted by Crippen LogP contribution is 1.98. The maximum absolute atomic E-state index is 9.03. The van der Waals surface area contributed by atoms with E-state index in [2.05, 4.69) is 13.8 Å². The summed E-state index contributed by atoms with van der Waals surface area (Å²) in [5.74, 6) is 6.06. The van der Waals surface area contributed by atoms with Crippen LogP contribution in [0.25, 0.3) is 0 Å². The molecule has 12 heavy (non-hydrogen) atoms. The Labute approximate surface area is 73.8 Å². The number of hydrazine groups is 1. The molecule has 0 spiro atoms. The molecule has 0 aromatic carbocycles. The molecule has 0 fully saturated rings. The van der Waals surface area contributed by atoms with Crippen molar-refractivity contribution in [3.63, 3.8) is 0 Å². The van der Waals surface area contributed by atoms with Crippen LogP contribution in [0.15, 0.2) is 11.9 Å². The summed E-state index contributed by atoms with van der Waals surface area (Å²) in [6, 6.07) is 0. The third-order valence-corrected chi connectivity index (χ3v) is 1.37. The van der Waals surface area contributed by atoms with Gasteiger partial charge in [-0.15, -0.1) is 0 Å². The van der Waals surface area contributed by atoms with Crippen molar-refractivity contribution < 1.29 is 5.11 Å². The smallest absolute Gasteiger partial charge is 0.0919 e. The predicted octanol–water partition coefficient (Wildman–Crippen LogP) is -0.001000. The molecule has 0 saturated carbocycles. The molecule has 0 saturated heterocycles. The van der Waals surface area contributed by atoms with E-state index in [1.54, 1.807) is 13.1 Å². The molecule has 72 valence electrons. The lowest BCUT2D eigenvalue weighted by molar-refractivity contribution is 0.224. The van der Waals surface area contributed by atoms with E-state index in [1.807, 2.05) is 0 Å². The van der Waals surface area contributed by atoms with Crippen LogP contribution >= 0.6 is 0 Å². The van der Waals surface area contributed by atoms with Gasteiger partial charge in [0.05, 0.1) is 11.8 Å². The minimum atomic E-state index is -0.636. The van der Waals surface area contributed by atoms with Gasteiger partial charge in [-0.1, -0.05) is 13.8 Å². The van der Waals surface area contributed by atoms with Crippen LogP contribution in [0.4, 0.5) is 0 Å². The fourth-order valence-corrected chi connectivity index (χ4v) is 0.774. The Kier molecular flexibility index (Phi) is 4.70. The van der Waals surface area contributed by atoms with Crippen molar-refractivity contribution in [2.75, 3.05) is 6.54 Å². The van der Waals surface area contributed by atoms with Crippen LogP contribution in [0.2, 0.25) is 0 Å². The molecule has 0 aliphatic carbocycles. The van der Waals surface area contributed by atoms with Crippen molar-refractivity contribution in [3.05, 3.63) is 11.9 Å². The van der Waals surface area contributed by atoms with E-state index in [0.717, 1.165) is 6.54 Å². The average Bonchev–Trinajstić information content (AvgIpc) is 1.84. The van der Waals surface area contributed by atoms with Gasteiger partial charge in [-0.3, -0.25) is 0 Å². The van der Waals surface area contributed by atoms with Crippen molar-refractivity contribution >= 4 is 0 Å². The number of nitrogens with zero attached hydrogens (tertiary/aromatic N) is 1. The van der Waals surface area contributed by atoms with Crippen molar-refractivity contribution in [2.45, 2.75) is 26.9 Å². The van der Waals surface area contributed by atoms with E-state index in [4.69, 9.17) is 16.7 Å². The SMILES string of the molecule is CC(C)CN(N)/C=C(\N)C(C)O. The Hall–Kier alpha value is -0.740. The topological polar surface area (TPSA) is 75.5 Å². The highest BCUT2D eigenvalue weighted by Gasteiger charge is 2.02. The second kappa shape index (κ2) is 5.00. The molecular weight excluding hydrogens is 154 g/mol. The summed E-state index contributed by atoms with van der Waals surface area (Å²) in [6.45, 7) is 6.46. The summed E-state index contributed by atoms with van der Waals surface area (Å²) in [4.78, 5) is 0. The Balaban J connectivity index is 3.96. The van der Waals surface area contributed by atoms with E-state index in [9.17, 15) is 0 Å². The molecule has 0 amide bonds. The summed E-state index contributed by atoms with van der Waals surface area (Å²) >= 11 is 0. The lowest BCUT2D eigenvalue weighted by Crippen LogP contribution is -2.31. The molecular formula is C8H19N3O. The second-order valence-corrected chi connectivity index (χ2v) is 3.40. The van der Waals surface area contributed by atoms with Crippen LogP contribution in [-0.2, 0) is 0 Å². The van der Waals surface area contributed by atoms with Crippen molar-refractivity contribution in [1.29, 1.82) is 0 Å². The molecule has 1 unspecified atom stereocenters. The minimum Gasteiger partial charge on any atom is -0.399 e. The van der Waals surface area contributed by atoms with Crippen LogP contribution in [0.3, 0.4) is 0 Å². The van der Waals surface area contributed by atoms with Crippen LogP contribution in [0.1, 0.15) is 20.8 Å². The fourth-order valence-electron chi connectivity index (χ4n) is 0.774. The van der Waals surface area contributed by atoms with Gasteiger partial charge in [0.25, 0.3) is 0 Å². The third kappa shape index (κ3) is 4.98. The van der Waals surface area contributed by atoms with E-state index >= 15 is 0 Å². The lowest BCUT2D eigenvalue weighted by atomic mass is 10.2. The van der Waals surface area contributed by atoms with Gasteiger partial charge < -0.3 is 15.8 Å². The van der Waals surface area contributed by atoms with Crippen LogP contribution in [0, 0.1) is 5.92 Å². The molecule has 1 atom stereocenters. The van der Waals surface area contributed by atoms with Gasteiger partial charge in [0.2, 0.25) is 0 Å². The largest absolute Gasteiger partial charge is 0.399 e. The summed E-state index contributed by atoms with van der Waals surface area (Å²) in [5.41, 5.74) is 5.87. The number of aliphatic hydroxyl groups excluding tert-OH is 1. The van der Waals surface area contributed by atoms with E-state index in [-0.39, 0.29) is 0 Å². The monoisotopic (exact) mass is 173 g/mol. The number of nitrogens with two attached hydrogens (primary N) is 2. The van der Waals surface area contributed by atoms with Gasteiger partial charge >= 0.3 is 0 Å². The summed E-state index contributed by atoms with van der Waals surface area (Å²) in [6.07, 6.45) is 0.924. The van der Waals surface area contributed by atoms with Crippen molar-refractivity contribution in [2.24, 2.45) is 17.5 Å². The molecule has 0 aliphatic heterocycles. The molecule has 0 radical (unpaired) electrons. The normalized spacial score (nSPS) is 15.0. The maximum Gasteiger partial charge on any atom is 0.0919 e. The first-order chi connectivity index (χ1) is 5.43. The molecule has 0 heterocycles. The maximum atomic E-state index is 9.03. The van der Waals surface area contributed by atoms with Crippen molar-refractivity contribution in [1.82, 2.24) is 5.01 Å². The first-order valence-electron chi connectivity index (χ1n) is 4.10. The molecule has 0 aromatic rings. The standard InChI is InChI=1S/C8H19N3O/c1-6(2)4-11(10)5-8(9)7(3)12/h5-7,12H,4,9-10H2,1-3H3/b8-5-. The van der Waals surface area contributed by atoms with Gasteiger partial charge in [0.1, 0.15) is 0 Å². The molecule has 5 N–H and O–H groups in total. The molecule has 0 bridgehead atoms. The molecule has 0 aliphatic rings. The summed E-state index contributed by atoms with van der Waals surface area (Å²) in [7, 11) is 0. The Bertz CT molecular complexity index is 154. The highest BCUT2D eigenvalue weighted by molar-refractivity contribution is 4.99. The van der Waals surface area contributed by atoms with Crippen molar-refractivity contribution in [3.8, 4) is 0 Å². The number of rotatable bonds is 4. The van der Waals surface area contributed by atoms with Gasteiger partial charge in [-0.05, 0) is 12.8 Å². The van der Waals surface area contributed by atoms with Gasteiger partial charge in [-0.25, -0.2) is 5.84 Å². The predicted molar refractivity (Wildman–Crippen MR) is 49.7 cm³/mol. The Morgan fingerprint density at radius 1 is 1.50 bits per heavy atom. The number of hydrogen-bond acceptors (Lipinski definition) is 4. The van der Waals surface area contributed by atoms with Crippen LogP contribution in [-0.4, -0.2) is 22.8 Å². The fraction of sp³-hybridized carbons (Fsp3) is 0.750. The zero-order valence-electron chi connectivity index (χ0n) is 7.99. The molecule has 4 heteroatoms. The first-order valence-corrected chi connectivity index (χ1v) is 4.10. The van der Waals surface area contributed by atoms with E-state index < -0.39 is 6.10 Å². The molecule has 0 rings (SSSR count). The summed E-state index contributed by atoms with van der Waals surface area (Å²) < 4.78 is 0. The van der Waals surface area contributed by atoms with Gasteiger partial charge in [0.15, 0.2) is 0 Å². The zero-order valence-corrected chi connectivity index (χ0v) is 7.99. The minimum absolute atomic E-state index is 0.387. The number of aliphatic hydroxyl groups is 1. The Morgan fingerprint density at radius 2 is 2.00 bits per heavy atom.